The van der Waals surface area contributed by atoms with Crippen molar-refractivity contribution in [3.05, 3.63) is 29.8 Å². The van der Waals surface area contributed by atoms with E-state index in [9.17, 15) is 0 Å². The van der Waals surface area contributed by atoms with Gasteiger partial charge < -0.3 is 10.1 Å². The highest BCUT2D eigenvalue weighted by atomic mass is 16.5. The molecule has 2 heteroatoms. The van der Waals surface area contributed by atoms with E-state index < -0.39 is 0 Å². The van der Waals surface area contributed by atoms with Gasteiger partial charge in [0.1, 0.15) is 5.75 Å². The predicted octanol–water partition coefficient (Wildman–Crippen LogP) is 3.11. The van der Waals surface area contributed by atoms with Crippen molar-refractivity contribution in [1.82, 2.24) is 5.32 Å². The van der Waals surface area contributed by atoms with Crippen LogP contribution in [0.25, 0.3) is 0 Å². The molecule has 1 aromatic carbocycles. The van der Waals surface area contributed by atoms with Gasteiger partial charge in [-0.1, -0.05) is 26.0 Å². The Morgan fingerprint density at radius 1 is 1.35 bits per heavy atom. The maximum Gasteiger partial charge on any atom is 0.119 e. The minimum Gasteiger partial charge on any atom is -0.494 e. The molecule has 0 aliphatic carbocycles. The lowest BCUT2D eigenvalue weighted by Crippen LogP contribution is -2.35. The van der Waals surface area contributed by atoms with Crippen molar-refractivity contribution < 1.29 is 4.74 Å². The van der Waals surface area contributed by atoms with Crippen molar-refractivity contribution in [2.24, 2.45) is 0 Å². The lowest BCUT2D eigenvalue weighted by molar-refractivity contribution is 0.317. The van der Waals surface area contributed by atoms with E-state index >= 15 is 0 Å². The van der Waals surface area contributed by atoms with Gasteiger partial charge in [0.15, 0.2) is 0 Å². The molecule has 0 bridgehead atoms. The molecular formula is C15H23NO. The standard InChI is InChI=1S/C15H23NO/c1-4-11-17-14-7-5-13(6-8-14)15(3)9-10-16-12(15)2/h5-8,12,16H,4,9-11H2,1-3H3. The van der Waals surface area contributed by atoms with Gasteiger partial charge in [0.25, 0.3) is 0 Å². The normalized spacial score (nSPS) is 28.3. The van der Waals surface area contributed by atoms with Crippen LogP contribution in [-0.2, 0) is 5.41 Å². The Kier molecular flexibility index (Phi) is 3.72. The highest BCUT2D eigenvalue weighted by molar-refractivity contribution is 5.34. The molecule has 0 saturated carbocycles. The third kappa shape index (κ3) is 2.47. The van der Waals surface area contributed by atoms with Gasteiger partial charge in [-0.3, -0.25) is 0 Å². The first-order valence-electron chi connectivity index (χ1n) is 6.63. The number of benzene rings is 1. The molecule has 2 unspecified atom stereocenters. The van der Waals surface area contributed by atoms with Gasteiger partial charge in [-0.05, 0) is 44.0 Å². The first-order valence-corrected chi connectivity index (χ1v) is 6.63. The summed E-state index contributed by atoms with van der Waals surface area (Å²) in [4.78, 5) is 0. The fourth-order valence-electron chi connectivity index (χ4n) is 2.54. The molecule has 0 spiro atoms. The molecule has 0 amide bonds. The minimum atomic E-state index is 0.267. The Balaban J connectivity index is 2.12. The highest BCUT2D eigenvalue weighted by Crippen LogP contribution is 2.35. The third-order valence-electron chi connectivity index (χ3n) is 4.04. The van der Waals surface area contributed by atoms with Gasteiger partial charge in [-0.15, -0.1) is 0 Å². The van der Waals surface area contributed by atoms with E-state index in [-0.39, 0.29) is 5.41 Å². The zero-order chi connectivity index (χ0) is 12.3. The summed E-state index contributed by atoms with van der Waals surface area (Å²) in [6.07, 6.45) is 2.27. The molecule has 1 aliphatic rings. The number of ether oxygens (including phenoxy) is 1. The molecule has 1 heterocycles. The first-order chi connectivity index (χ1) is 8.16. The Hall–Kier alpha value is -1.02. The van der Waals surface area contributed by atoms with E-state index in [1.165, 1.54) is 12.0 Å². The molecule has 17 heavy (non-hydrogen) atoms. The summed E-state index contributed by atoms with van der Waals surface area (Å²) in [5.41, 5.74) is 1.68. The topological polar surface area (TPSA) is 21.3 Å². The number of nitrogens with one attached hydrogen (secondary N) is 1. The van der Waals surface area contributed by atoms with E-state index in [0.717, 1.165) is 25.3 Å². The summed E-state index contributed by atoms with van der Waals surface area (Å²) < 4.78 is 5.62. The van der Waals surface area contributed by atoms with Crippen LogP contribution in [0.4, 0.5) is 0 Å². The van der Waals surface area contributed by atoms with Crippen LogP contribution >= 0.6 is 0 Å². The molecule has 94 valence electrons. The van der Waals surface area contributed by atoms with Crippen molar-refractivity contribution in [2.75, 3.05) is 13.2 Å². The van der Waals surface area contributed by atoms with Gasteiger partial charge in [0, 0.05) is 11.5 Å². The van der Waals surface area contributed by atoms with Crippen LogP contribution < -0.4 is 10.1 Å². The Morgan fingerprint density at radius 2 is 2.06 bits per heavy atom. The van der Waals surface area contributed by atoms with E-state index in [1.54, 1.807) is 0 Å². The van der Waals surface area contributed by atoms with Crippen molar-refractivity contribution in [3.8, 4) is 5.75 Å². The van der Waals surface area contributed by atoms with E-state index in [2.05, 4.69) is 50.4 Å². The summed E-state index contributed by atoms with van der Waals surface area (Å²) in [5.74, 6) is 0.984. The summed E-state index contributed by atoms with van der Waals surface area (Å²) in [5, 5.41) is 3.53. The summed E-state index contributed by atoms with van der Waals surface area (Å²) >= 11 is 0. The average molecular weight is 233 g/mol. The Bertz CT molecular complexity index is 360. The molecule has 2 rings (SSSR count). The first kappa shape index (κ1) is 12.4. The van der Waals surface area contributed by atoms with Crippen molar-refractivity contribution in [1.29, 1.82) is 0 Å². The summed E-state index contributed by atoms with van der Waals surface area (Å²) in [6, 6.07) is 9.18. The van der Waals surface area contributed by atoms with Gasteiger partial charge in [0.05, 0.1) is 6.61 Å². The van der Waals surface area contributed by atoms with Crippen LogP contribution in [0.5, 0.6) is 5.75 Å². The minimum absolute atomic E-state index is 0.267. The number of hydrogen-bond donors (Lipinski definition) is 1. The second-order valence-corrected chi connectivity index (χ2v) is 5.22. The van der Waals surface area contributed by atoms with Gasteiger partial charge in [-0.2, -0.15) is 0 Å². The molecule has 0 radical (unpaired) electrons. The molecule has 1 fully saturated rings. The van der Waals surface area contributed by atoms with Crippen LogP contribution in [0.15, 0.2) is 24.3 Å². The van der Waals surface area contributed by atoms with Crippen LogP contribution in [0.1, 0.15) is 39.2 Å². The Morgan fingerprint density at radius 3 is 2.59 bits per heavy atom. The van der Waals surface area contributed by atoms with Gasteiger partial charge in [-0.25, -0.2) is 0 Å². The lowest BCUT2D eigenvalue weighted by atomic mass is 9.77. The molecule has 0 aromatic heterocycles. The van der Waals surface area contributed by atoms with Crippen LogP contribution in [-0.4, -0.2) is 19.2 Å². The SMILES string of the molecule is CCCOc1ccc(C2(C)CCNC2C)cc1. The van der Waals surface area contributed by atoms with Crippen molar-refractivity contribution >= 4 is 0 Å². The largest absolute Gasteiger partial charge is 0.494 e. The maximum absolute atomic E-state index is 5.62. The predicted molar refractivity (Wildman–Crippen MR) is 71.7 cm³/mol. The average Bonchev–Trinajstić information content (AvgIpc) is 2.69. The molecular weight excluding hydrogens is 210 g/mol. The smallest absolute Gasteiger partial charge is 0.119 e. The number of hydrogen-bond acceptors (Lipinski definition) is 2. The highest BCUT2D eigenvalue weighted by Gasteiger charge is 2.36. The van der Waals surface area contributed by atoms with Crippen LogP contribution in [0, 0.1) is 0 Å². The summed E-state index contributed by atoms with van der Waals surface area (Å²) in [6.45, 7) is 8.66. The van der Waals surface area contributed by atoms with Crippen molar-refractivity contribution in [2.45, 2.75) is 45.1 Å². The maximum atomic E-state index is 5.62. The molecule has 1 aromatic rings. The molecule has 2 atom stereocenters. The zero-order valence-corrected chi connectivity index (χ0v) is 11.1. The van der Waals surface area contributed by atoms with Gasteiger partial charge in [0.2, 0.25) is 0 Å². The number of rotatable bonds is 4. The lowest BCUT2D eigenvalue weighted by Gasteiger charge is -2.29. The van der Waals surface area contributed by atoms with Gasteiger partial charge >= 0.3 is 0 Å². The van der Waals surface area contributed by atoms with Crippen molar-refractivity contribution in [3.63, 3.8) is 0 Å². The van der Waals surface area contributed by atoms with E-state index in [4.69, 9.17) is 4.74 Å². The Labute approximate surface area is 104 Å². The van der Waals surface area contributed by atoms with E-state index in [0.29, 0.717) is 6.04 Å². The zero-order valence-electron chi connectivity index (χ0n) is 11.1. The summed E-state index contributed by atoms with van der Waals surface area (Å²) in [7, 11) is 0. The van der Waals surface area contributed by atoms with Crippen LogP contribution in [0.3, 0.4) is 0 Å². The molecule has 1 N–H and O–H groups in total. The van der Waals surface area contributed by atoms with E-state index in [1.807, 2.05) is 0 Å². The third-order valence-corrected chi connectivity index (χ3v) is 4.04. The molecule has 1 saturated heterocycles. The second-order valence-electron chi connectivity index (χ2n) is 5.22. The fraction of sp³-hybridized carbons (Fsp3) is 0.600. The monoisotopic (exact) mass is 233 g/mol. The molecule has 1 aliphatic heterocycles. The molecule has 2 nitrogen and oxygen atoms in total. The quantitative estimate of drug-likeness (QED) is 0.862. The fourth-order valence-corrected chi connectivity index (χ4v) is 2.54. The second kappa shape index (κ2) is 5.09. The van der Waals surface area contributed by atoms with Crippen LogP contribution in [0.2, 0.25) is 0 Å².